The maximum Gasteiger partial charge on any atom is 0.338 e. The molecule has 4 rings (SSSR count). The molecule has 142 valence electrons. The number of rotatable bonds is 3. The number of thiophene rings is 1. The number of nitrogens with one attached hydrogen (secondary N) is 1. The van der Waals surface area contributed by atoms with Gasteiger partial charge in [0.05, 0.1) is 22.6 Å². The summed E-state index contributed by atoms with van der Waals surface area (Å²) >= 11 is 1.57. The minimum Gasteiger partial charge on any atom is -0.451 e. The van der Waals surface area contributed by atoms with Gasteiger partial charge in [-0.15, -0.1) is 11.3 Å². The van der Waals surface area contributed by atoms with Crippen LogP contribution in [0.3, 0.4) is 0 Å². The molecule has 0 radical (unpaired) electrons. The van der Waals surface area contributed by atoms with Crippen molar-refractivity contribution in [1.29, 1.82) is 5.26 Å². The molecule has 0 amide bonds. The number of aromatic amines is 1. The van der Waals surface area contributed by atoms with E-state index in [9.17, 15) is 9.59 Å². The SMILES string of the molecule is C[C@H]1CCc2c(sc3nc([C@@H](C)OC(=O)c4ccc(C#N)cc4)[nH]c(=O)c23)C1. The van der Waals surface area contributed by atoms with E-state index in [0.29, 0.717) is 33.1 Å². The summed E-state index contributed by atoms with van der Waals surface area (Å²) in [6.07, 6.45) is 2.27. The van der Waals surface area contributed by atoms with Crippen LogP contribution in [0.2, 0.25) is 0 Å². The molecule has 1 N–H and O–H groups in total. The number of nitriles is 1. The highest BCUT2D eigenvalue weighted by Gasteiger charge is 2.24. The molecule has 0 aliphatic heterocycles. The lowest BCUT2D eigenvalue weighted by Crippen LogP contribution is -2.18. The van der Waals surface area contributed by atoms with Crippen LogP contribution in [0.4, 0.5) is 0 Å². The van der Waals surface area contributed by atoms with E-state index in [1.54, 1.807) is 42.5 Å². The molecule has 7 heteroatoms. The van der Waals surface area contributed by atoms with Crippen LogP contribution >= 0.6 is 11.3 Å². The number of fused-ring (bicyclic) bond motifs is 3. The van der Waals surface area contributed by atoms with E-state index < -0.39 is 12.1 Å². The highest BCUT2D eigenvalue weighted by Crippen LogP contribution is 2.36. The molecule has 1 aliphatic rings. The zero-order valence-corrected chi connectivity index (χ0v) is 16.4. The molecule has 2 atom stereocenters. The number of aromatic nitrogens is 2. The smallest absolute Gasteiger partial charge is 0.338 e. The molecule has 0 saturated heterocycles. The van der Waals surface area contributed by atoms with Crippen LogP contribution in [0.15, 0.2) is 29.1 Å². The van der Waals surface area contributed by atoms with Crippen molar-refractivity contribution in [3.05, 3.63) is 62.0 Å². The Kier molecular flexibility index (Phi) is 4.73. The number of carbonyl (C=O) groups excluding carboxylic acids is 1. The Morgan fingerprint density at radius 2 is 2.14 bits per heavy atom. The van der Waals surface area contributed by atoms with Gasteiger partial charge in [-0.05, 0) is 61.9 Å². The summed E-state index contributed by atoms with van der Waals surface area (Å²) in [4.78, 5) is 34.4. The van der Waals surface area contributed by atoms with Gasteiger partial charge in [0, 0.05) is 4.88 Å². The Labute approximate surface area is 165 Å². The molecule has 0 bridgehead atoms. The maximum atomic E-state index is 12.7. The summed E-state index contributed by atoms with van der Waals surface area (Å²) in [5.74, 6) is 0.427. The first-order chi connectivity index (χ1) is 13.5. The average Bonchev–Trinajstić information content (AvgIpc) is 3.05. The van der Waals surface area contributed by atoms with Crippen molar-refractivity contribution < 1.29 is 9.53 Å². The topological polar surface area (TPSA) is 95.8 Å². The molecule has 1 aliphatic carbocycles. The van der Waals surface area contributed by atoms with Gasteiger partial charge in [0.15, 0.2) is 11.9 Å². The van der Waals surface area contributed by atoms with Crippen molar-refractivity contribution in [2.45, 2.75) is 39.2 Å². The van der Waals surface area contributed by atoms with Crippen LogP contribution in [0.25, 0.3) is 10.2 Å². The summed E-state index contributed by atoms with van der Waals surface area (Å²) in [5.41, 5.74) is 1.76. The number of carbonyl (C=O) groups is 1. The molecule has 0 spiro atoms. The zero-order chi connectivity index (χ0) is 19.8. The quantitative estimate of drug-likeness (QED) is 0.681. The second kappa shape index (κ2) is 7.21. The lowest BCUT2D eigenvalue weighted by molar-refractivity contribution is 0.0320. The van der Waals surface area contributed by atoms with E-state index in [1.807, 2.05) is 6.07 Å². The lowest BCUT2D eigenvalue weighted by Gasteiger charge is -2.17. The van der Waals surface area contributed by atoms with Crippen LogP contribution in [0.5, 0.6) is 0 Å². The fourth-order valence-electron chi connectivity index (χ4n) is 3.52. The van der Waals surface area contributed by atoms with E-state index in [2.05, 4.69) is 16.9 Å². The third kappa shape index (κ3) is 3.32. The Hall–Kier alpha value is -2.98. The largest absolute Gasteiger partial charge is 0.451 e. The number of hydrogen-bond donors (Lipinski definition) is 1. The molecule has 0 unspecified atom stereocenters. The highest BCUT2D eigenvalue weighted by molar-refractivity contribution is 7.18. The molecule has 6 nitrogen and oxygen atoms in total. The van der Waals surface area contributed by atoms with E-state index >= 15 is 0 Å². The standard InChI is InChI=1S/C21H19N3O3S/c1-11-3-8-15-16(9-11)28-20-17(15)19(25)23-18(24-20)12(2)27-21(26)14-6-4-13(10-22)5-7-14/h4-7,11-12H,3,8-9H2,1-2H3,(H,23,24,25)/t11-,12+/m0/s1. The summed E-state index contributed by atoms with van der Waals surface area (Å²) in [7, 11) is 0. The Balaban J connectivity index is 1.60. The van der Waals surface area contributed by atoms with E-state index in [0.717, 1.165) is 24.8 Å². The second-order valence-corrected chi connectivity index (χ2v) is 8.30. The number of hydrogen-bond acceptors (Lipinski definition) is 6. The fourth-order valence-corrected chi connectivity index (χ4v) is 4.91. The van der Waals surface area contributed by atoms with Crippen molar-refractivity contribution in [3.8, 4) is 6.07 Å². The lowest BCUT2D eigenvalue weighted by atomic mass is 9.89. The number of esters is 1. The third-order valence-electron chi connectivity index (χ3n) is 5.10. The Morgan fingerprint density at radius 1 is 1.39 bits per heavy atom. The number of nitrogens with zero attached hydrogens (tertiary/aromatic N) is 2. The van der Waals surface area contributed by atoms with E-state index in [4.69, 9.17) is 10.00 Å². The average molecular weight is 393 g/mol. The zero-order valence-electron chi connectivity index (χ0n) is 15.6. The number of aryl methyl sites for hydroxylation is 1. The molecule has 0 saturated carbocycles. The summed E-state index contributed by atoms with van der Waals surface area (Å²) < 4.78 is 5.47. The van der Waals surface area contributed by atoms with Crippen LogP contribution in [0, 0.1) is 17.2 Å². The van der Waals surface area contributed by atoms with Crippen LogP contribution in [0.1, 0.15) is 58.6 Å². The first kappa shape index (κ1) is 18.4. The predicted octanol–water partition coefficient (Wildman–Crippen LogP) is 3.90. The van der Waals surface area contributed by atoms with Crippen LogP contribution in [-0.4, -0.2) is 15.9 Å². The summed E-state index contributed by atoms with van der Waals surface area (Å²) in [6, 6.07) is 8.21. The third-order valence-corrected chi connectivity index (χ3v) is 6.25. The minimum atomic E-state index is -0.696. The van der Waals surface area contributed by atoms with Crippen LogP contribution < -0.4 is 5.56 Å². The van der Waals surface area contributed by atoms with Gasteiger partial charge in [-0.25, -0.2) is 9.78 Å². The minimum absolute atomic E-state index is 0.173. The molecule has 3 aromatic rings. The van der Waals surface area contributed by atoms with Crippen molar-refractivity contribution in [2.24, 2.45) is 5.92 Å². The molecule has 1 aromatic carbocycles. The molecular formula is C21H19N3O3S. The van der Waals surface area contributed by atoms with Crippen molar-refractivity contribution in [2.75, 3.05) is 0 Å². The number of H-pyrrole nitrogens is 1. The molecule has 28 heavy (non-hydrogen) atoms. The summed E-state index contributed by atoms with van der Waals surface area (Å²) in [5, 5.41) is 9.52. The van der Waals surface area contributed by atoms with Gasteiger partial charge in [0.1, 0.15) is 4.83 Å². The number of benzene rings is 1. The van der Waals surface area contributed by atoms with Gasteiger partial charge in [0.2, 0.25) is 0 Å². The summed E-state index contributed by atoms with van der Waals surface area (Å²) in [6.45, 7) is 3.91. The predicted molar refractivity (Wildman–Crippen MR) is 106 cm³/mol. The van der Waals surface area contributed by atoms with Gasteiger partial charge in [-0.1, -0.05) is 6.92 Å². The van der Waals surface area contributed by atoms with Gasteiger partial charge in [-0.3, -0.25) is 4.79 Å². The van der Waals surface area contributed by atoms with E-state index in [1.165, 1.54) is 4.88 Å². The molecule has 0 fully saturated rings. The first-order valence-corrected chi connectivity index (χ1v) is 10.0. The van der Waals surface area contributed by atoms with Crippen molar-refractivity contribution in [3.63, 3.8) is 0 Å². The van der Waals surface area contributed by atoms with Gasteiger partial charge in [0.25, 0.3) is 5.56 Å². The fraction of sp³-hybridized carbons (Fsp3) is 0.333. The normalized spacial score (nSPS) is 17.0. The maximum absolute atomic E-state index is 12.7. The Bertz CT molecular complexity index is 1150. The highest BCUT2D eigenvalue weighted by atomic mass is 32.1. The van der Waals surface area contributed by atoms with Gasteiger partial charge in [-0.2, -0.15) is 5.26 Å². The van der Waals surface area contributed by atoms with E-state index in [-0.39, 0.29) is 5.56 Å². The number of ether oxygens (including phenoxy) is 1. The van der Waals surface area contributed by atoms with Gasteiger partial charge >= 0.3 is 5.97 Å². The molecule has 2 heterocycles. The Morgan fingerprint density at radius 3 is 2.86 bits per heavy atom. The van der Waals surface area contributed by atoms with Crippen molar-refractivity contribution in [1.82, 2.24) is 9.97 Å². The monoisotopic (exact) mass is 393 g/mol. The second-order valence-electron chi connectivity index (χ2n) is 7.22. The van der Waals surface area contributed by atoms with Crippen molar-refractivity contribution >= 4 is 27.5 Å². The first-order valence-electron chi connectivity index (χ1n) is 9.22. The molecular weight excluding hydrogens is 374 g/mol. The molecule has 2 aromatic heterocycles. The van der Waals surface area contributed by atoms with Gasteiger partial charge < -0.3 is 9.72 Å². The van der Waals surface area contributed by atoms with Crippen LogP contribution in [-0.2, 0) is 17.6 Å².